The second-order valence-electron chi connectivity index (χ2n) is 8.23. The van der Waals surface area contributed by atoms with Crippen LogP contribution in [0.25, 0.3) is 0 Å². The Labute approximate surface area is 188 Å². The molecule has 0 aromatic heterocycles. The molecule has 2 heterocycles. The van der Waals surface area contributed by atoms with Crippen molar-refractivity contribution < 1.29 is 19.7 Å². The Morgan fingerprint density at radius 3 is 2.61 bits per heavy atom. The first kappa shape index (κ1) is 22.3. The zero-order chi connectivity index (χ0) is 21.7. The van der Waals surface area contributed by atoms with Crippen LogP contribution in [0.2, 0.25) is 0 Å². The molecule has 31 heavy (non-hydrogen) atoms. The topological polar surface area (TPSA) is 65.4 Å². The maximum absolute atomic E-state index is 10.8. The first-order valence-corrected chi connectivity index (χ1v) is 11.8. The second-order valence-corrected chi connectivity index (χ2v) is 9.69. The number of nitrogens with zero attached hydrogens (tertiary/aromatic N) is 2. The smallest absolute Gasteiger partial charge is 0.133 e. The van der Waals surface area contributed by atoms with Gasteiger partial charge in [0, 0.05) is 31.9 Å². The number of aliphatic hydroxyl groups is 2. The number of aliphatic hydroxyl groups excluding tert-OH is 2. The third-order valence-corrected chi connectivity index (χ3v) is 7.85. The van der Waals surface area contributed by atoms with Gasteiger partial charge in [0.2, 0.25) is 0 Å². The lowest BCUT2D eigenvalue weighted by molar-refractivity contribution is 0.0455. The van der Waals surface area contributed by atoms with Crippen LogP contribution in [0.5, 0.6) is 11.5 Å². The van der Waals surface area contributed by atoms with Gasteiger partial charge in [0.15, 0.2) is 0 Å². The van der Waals surface area contributed by atoms with Crippen LogP contribution >= 0.6 is 11.8 Å². The van der Waals surface area contributed by atoms with Gasteiger partial charge in [0.05, 0.1) is 23.4 Å². The summed E-state index contributed by atoms with van der Waals surface area (Å²) < 4.78 is 10.5. The van der Waals surface area contributed by atoms with Crippen molar-refractivity contribution in [2.24, 2.45) is 0 Å². The van der Waals surface area contributed by atoms with E-state index in [0.717, 1.165) is 55.5 Å². The van der Waals surface area contributed by atoms with Crippen LogP contribution in [0.15, 0.2) is 53.4 Å². The number of hydrogen-bond acceptors (Lipinski definition) is 7. The molecule has 2 atom stereocenters. The zero-order valence-corrected chi connectivity index (χ0v) is 18.9. The maximum atomic E-state index is 10.8. The van der Waals surface area contributed by atoms with Crippen LogP contribution in [0.4, 0.5) is 5.69 Å². The standard InChI is InChI=1S/C24H32N2O4S/c1-29-20-8-9-21-22(16-20)31-24(18-27,23(28)17-30-21)10-5-11-25-12-14-26(15-13-25)19-6-3-2-4-7-19/h2-4,6-9,16,23,27-28H,5,10-15,17-18H2,1H3/t23-,24-/m0/s1. The van der Waals surface area contributed by atoms with Gasteiger partial charge < -0.3 is 24.6 Å². The van der Waals surface area contributed by atoms with Gasteiger partial charge in [-0.05, 0) is 49.7 Å². The number of fused-ring (bicyclic) bond motifs is 1. The average molecular weight is 445 g/mol. The molecule has 0 bridgehead atoms. The number of ether oxygens (including phenoxy) is 2. The molecule has 6 nitrogen and oxygen atoms in total. The Hall–Kier alpha value is -1.93. The van der Waals surface area contributed by atoms with Crippen molar-refractivity contribution in [2.45, 2.75) is 28.6 Å². The maximum Gasteiger partial charge on any atom is 0.133 e. The lowest BCUT2D eigenvalue weighted by Crippen LogP contribution is -2.48. The fourth-order valence-electron chi connectivity index (χ4n) is 4.33. The summed E-state index contributed by atoms with van der Waals surface area (Å²) >= 11 is 1.52. The Kier molecular flexibility index (Phi) is 7.27. The predicted molar refractivity (Wildman–Crippen MR) is 124 cm³/mol. The lowest BCUT2D eigenvalue weighted by atomic mass is 9.96. The summed E-state index contributed by atoms with van der Waals surface area (Å²) in [7, 11) is 1.63. The van der Waals surface area contributed by atoms with Crippen LogP contribution in [0, 0.1) is 0 Å². The molecule has 2 aromatic rings. The van der Waals surface area contributed by atoms with E-state index in [0.29, 0.717) is 6.42 Å². The van der Waals surface area contributed by atoms with Gasteiger partial charge in [0.1, 0.15) is 24.2 Å². The third-order valence-electron chi connectivity index (χ3n) is 6.30. The van der Waals surface area contributed by atoms with Gasteiger partial charge in [0.25, 0.3) is 0 Å². The summed E-state index contributed by atoms with van der Waals surface area (Å²) in [5.74, 6) is 1.48. The number of benzene rings is 2. The molecule has 2 aliphatic heterocycles. The molecule has 4 rings (SSSR count). The van der Waals surface area contributed by atoms with Gasteiger partial charge in [-0.1, -0.05) is 18.2 Å². The minimum atomic E-state index is -0.740. The van der Waals surface area contributed by atoms with E-state index in [4.69, 9.17) is 9.47 Å². The highest BCUT2D eigenvalue weighted by atomic mass is 32.2. The molecule has 0 aliphatic carbocycles. The largest absolute Gasteiger partial charge is 0.497 e. The summed E-state index contributed by atoms with van der Waals surface area (Å²) in [5.41, 5.74) is 1.29. The molecular weight excluding hydrogens is 412 g/mol. The molecule has 0 amide bonds. The summed E-state index contributed by atoms with van der Waals surface area (Å²) in [5, 5.41) is 21.1. The van der Waals surface area contributed by atoms with Crippen molar-refractivity contribution in [2.75, 3.05) is 57.9 Å². The van der Waals surface area contributed by atoms with Crippen molar-refractivity contribution in [3.05, 3.63) is 48.5 Å². The van der Waals surface area contributed by atoms with Gasteiger partial charge in [-0.15, -0.1) is 11.8 Å². The Morgan fingerprint density at radius 1 is 1.13 bits per heavy atom. The van der Waals surface area contributed by atoms with Crippen molar-refractivity contribution in [3.8, 4) is 11.5 Å². The van der Waals surface area contributed by atoms with E-state index in [1.807, 2.05) is 18.2 Å². The Balaban J connectivity index is 1.34. The first-order chi connectivity index (χ1) is 15.1. The molecule has 2 aliphatic rings. The van der Waals surface area contributed by atoms with Gasteiger partial charge in [-0.25, -0.2) is 0 Å². The molecule has 0 unspecified atom stereocenters. The van der Waals surface area contributed by atoms with E-state index in [1.54, 1.807) is 7.11 Å². The molecule has 2 N–H and O–H groups in total. The highest BCUT2D eigenvalue weighted by molar-refractivity contribution is 8.00. The van der Waals surface area contributed by atoms with Crippen LogP contribution in [-0.4, -0.2) is 79.0 Å². The third kappa shape index (κ3) is 5.12. The van der Waals surface area contributed by atoms with Crippen LogP contribution in [0.1, 0.15) is 12.8 Å². The van der Waals surface area contributed by atoms with Gasteiger partial charge in [-0.2, -0.15) is 0 Å². The number of thioether (sulfide) groups is 1. The number of piperazine rings is 1. The number of rotatable bonds is 7. The molecule has 2 aromatic carbocycles. The molecule has 0 saturated carbocycles. The van der Waals surface area contributed by atoms with Crippen molar-refractivity contribution in [1.82, 2.24) is 4.90 Å². The van der Waals surface area contributed by atoms with Crippen molar-refractivity contribution in [1.29, 1.82) is 0 Å². The molecule has 0 spiro atoms. The Morgan fingerprint density at radius 2 is 1.90 bits per heavy atom. The van der Waals surface area contributed by atoms with E-state index in [2.05, 4.69) is 40.1 Å². The number of methoxy groups -OCH3 is 1. The monoisotopic (exact) mass is 444 g/mol. The highest BCUT2D eigenvalue weighted by Crippen LogP contribution is 2.46. The summed E-state index contributed by atoms with van der Waals surface area (Å²) in [6.45, 7) is 5.15. The minimum Gasteiger partial charge on any atom is -0.497 e. The van der Waals surface area contributed by atoms with Gasteiger partial charge >= 0.3 is 0 Å². The first-order valence-electron chi connectivity index (χ1n) is 10.9. The van der Waals surface area contributed by atoms with Gasteiger partial charge in [-0.3, -0.25) is 4.90 Å². The van der Waals surface area contributed by atoms with E-state index >= 15 is 0 Å². The van der Waals surface area contributed by atoms with Crippen LogP contribution in [-0.2, 0) is 0 Å². The number of anilines is 1. The summed E-state index contributed by atoms with van der Waals surface area (Å²) in [6.07, 6.45) is 0.888. The fraction of sp³-hybridized carbons (Fsp3) is 0.500. The van der Waals surface area contributed by atoms with E-state index in [1.165, 1.54) is 17.4 Å². The fourth-order valence-corrected chi connectivity index (χ4v) is 5.68. The molecule has 168 valence electrons. The van der Waals surface area contributed by atoms with E-state index in [9.17, 15) is 10.2 Å². The normalized spacial score (nSPS) is 24.2. The Bertz CT molecular complexity index is 845. The highest BCUT2D eigenvalue weighted by Gasteiger charge is 2.41. The van der Waals surface area contributed by atoms with Crippen molar-refractivity contribution >= 4 is 17.4 Å². The molecular formula is C24H32N2O4S. The quantitative estimate of drug-likeness (QED) is 0.681. The SMILES string of the molecule is COc1ccc2c(c1)S[C@](CO)(CCCN1CCN(c3ccccc3)CC1)[C@@H](O)CO2. The van der Waals surface area contributed by atoms with Crippen LogP contribution < -0.4 is 14.4 Å². The number of para-hydroxylation sites is 1. The van der Waals surface area contributed by atoms with E-state index < -0.39 is 10.9 Å². The molecule has 7 heteroatoms. The zero-order valence-electron chi connectivity index (χ0n) is 18.1. The minimum absolute atomic E-state index is 0.0966. The average Bonchev–Trinajstić information content (AvgIpc) is 2.96. The summed E-state index contributed by atoms with van der Waals surface area (Å²) in [6, 6.07) is 16.2. The predicted octanol–water partition coefficient (Wildman–Crippen LogP) is 2.87. The molecule has 0 radical (unpaired) electrons. The second kappa shape index (κ2) is 10.1. The lowest BCUT2D eigenvalue weighted by Gasteiger charge is -2.37. The number of hydrogen-bond donors (Lipinski definition) is 2. The van der Waals surface area contributed by atoms with Crippen molar-refractivity contribution in [3.63, 3.8) is 0 Å². The molecule has 1 saturated heterocycles. The van der Waals surface area contributed by atoms with Crippen LogP contribution in [0.3, 0.4) is 0 Å². The van der Waals surface area contributed by atoms with E-state index in [-0.39, 0.29) is 13.2 Å². The molecule has 1 fully saturated rings. The summed E-state index contributed by atoms with van der Waals surface area (Å²) in [4.78, 5) is 5.81.